The Labute approximate surface area is 153 Å². The van der Waals surface area contributed by atoms with Crippen LogP contribution in [0.5, 0.6) is 5.75 Å². The van der Waals surface area contributed by atoms with Gasteiger partial charge in [-0.3, -0.25) is 0 Å². The lowest BCUT2D eigenvalue weighted by atomic mass is 10.0. The molecule has 0 aromatic heterocycles. The van der Waals surface area contributed by atoms with Gasteiger partial charge in [-0.2, -0.15) is 0 Å². The molecule has 140 valence electrons. The minimum Gasteiger partial charge on any atom is -0.494 e. The van der Waals surface area contributed by atoms with E-state index in [2.05, 4.69) is 27.7 Å². The van der Waals surface area contributed by atoms with Gasteiger partial charge in [0.25, 0.3) is 0 Å². The van der Waals surface area contributed by atoms with Gasteiger partial charge in [-0.25, -0.2) is 4.79 Å². The van der Waals surface area contributed by atoms with Crippen molar-refractivity contribution in [1.29, 1.82) is 0 Å². The summed E-state index contributed by atoms with van der Waals surface area (Å²) >= 11 is 0. The summed E-state index contributed by atoms with van der Waals surface area (Å²) in [4.78, 5) is 11.8. The van der Waals surface area contributed by atoms with Gasteiger partial charge in [-0.05, 0) is 48.4 Å². The van der Waals surface area contributed by atoms with Gasteiger partial charge in [0.05, 0.1) is 13.2 Å². The van der Waals surface area contributed by atoms with Gasteiger partial charge in [-0.1, -0.05) is 59.1 Å². The summed E-state index contributed by atoms with van der Waals surface area (Å²) in [5.41, 5.74) is 0.964. The second-order valence-electron chi connectivity index (χ2n) is 6.98. The molecule has 0 amide bonds. The summed E-state index contributed by atoms with van der Waals surface area (Å²) in [6.45, 7) is 9.95. The van der Waals surface area contributed by atoms with Gasteiger partial charge < -0.3 is 9.47 Å². The van der Waals surface area contributed by atoms with E-state index in [4.69, 9.17) is 9.47 Å². The summed E-state index contributed by atoms with van der Waals surface area (Å²) in [6, 6.07) is 7.77. The molecule has 25 heavy (non-hydrogen) atoms. The molecule has 0 aliphatic heterocycles. The SMILES string of the molecule is CCCC[C@@H](CC)COC(=O)/C=C/c1ccc(OCCC(C)C)cc1. The molecule has 3 nitrogen and oxygen atoms in total. The van der Waals surface area contributed by atoms with Crippen molar-refractivity contribution in [3.8, 4) is 5.75 Å². The third kappa shape index (κ3) is 9.96. The van der Waals surface area contributed by atoms with Crippen molar-refractivity contribution in [2.45, 2.75) is 59.8 Å². The quantitative estimate of drug-likeness (QED) is 0.350. The van der Waals surface area contributed by atoms with Crippen LogP contribution in [0.4, 0.5) is 0 Å². The van der Waals surface area contributed by atoms with E-state index in [1.54, 1.807) is 6.08 Å². The average Bonchev–Trinajstić information content (AvgIpc) is 2.61. The molecular formula is C22H34O3. The molecule has 3 heteroatoms. The summed E-state index contributed by atoms with van der Waals surface area (Å²) < 4.78 is 11.1. The molecule has 0 heterocycles. The molecule has 1 atom stereocenters. The molecule has 0 fully saturated rings. The Morgan fingerprint density at radius 3 is 2.44 bits per heavy atom. The Bertz CT molecular complexity index is 503. The molecule has 0 aliphatic rings. The molecular weight excluding hydrogens is 312 g/mol. The third-order valence-corrected chi connectivity index (χ3v) is 4.26. The number of hydrogen-bond acceptors (Lipinski definition) is 3. The minimum absolute atomic E-state index is 0.271. The Balaban J connectivity index is 2.37. The Morgan fingerprint density at radius 1 is 1.12 bits per heavy atom. The van der Waals surface area contributed by atoms with Crippen molar-refractivity contribution >= 4 is 12.0 Å². The smallest absolute Gasteiger partial charge is 0.330 e. The van der Waals surface area contributed by atoms with Crippen LogP contribution in [0.2, 0.25) is 0 Å². The van der Waals surface area contributed by atoms with Crippen LogP contribution in [0.1, 0.15) is 65.4 Å². The van der Waals surface area contributed by atoms with Crippen LogP contribution >= 0.6 is 0 Å². The monoisotopic (exact) mass is 346 g/mol. The Hall–Kier alpha value is -1.77. The highest BCUT2D eigenvalue weighted by Gasteiger charge is 2.08. The predicted molar refractivity (Wildman–Crippen MR) is 105 cm³/mol. The maximum Gasteiger partial charge on any atom is 0.330 e. The van der Waals surface area contributed by atoms with Crippen LogP contribution in [0, 0.1) is 11.8 Å². The normalized spacial score (nSPS) is 12.5. The highest BCUT2D eigenvalue weighted by molar-refractivity contribution is 5.87. The van der Waals surface area contributed by atoms with E-state index < -0.39 is 0 Å². The van der Waals surface area contributed by atoms with Crippen molar-refractivity contribution in [3.63, 3.8) is 0 Å². The number of rotatable bonds is 12. The topological polar surface area (TPSA) is 35.5 Å². The van der Waals surface area contributed by atoms with Gasteiger partial charge in [-0.15, -0.1) is 0 Å². The van der Waals surface area contributed by atoms with Crippen molar-refractivity contribution in [1.82, 2.24) is 0 Å². The lowest BCUT2D eigenvalue weighted by molar-refractivity contribution is -0.139. The van der Waals surface area contributed by atoms with E-state index in [9.17, 15) is 4.79 Å². The van der Waals surface area contributed by atoms with E-state index in [1.165, 1.54) is 18.9 Å². The van der Waals surface area contributed by atoms with Crippen LogP contribution in [-0.4, -0.2) is 19.2 Å². The highest BCUT2D eigenvalue weighted by Crippen LogP contribution is 2.15. The summed E-state index contributed by atoms with van der Waals surface area (Å²) in [5, 5.41) is 0. The number of carbonyl (C=O) groups is 1. The zero-order valence-corrected chi connectivity index (χ0v) is 16.3. The second-order valence-corrected chi connectivity index (χ2v) is 6.98. The van der Waals surface area contributed by atoms with E-state index in [0.29, 0.717) is 18.4 Å². The van der Waals surface area contributed by atoms with Crippen molar-refractivity contribution in [3.05, 3.63) is 35.9 Å². The first-order chi connectivity index (χ1) is 12.0. The molecule has 0 N–H and O–H groups in total. The highest BCUT2D eigenvalue weighted by atomic mass is 16.5. The molecule has 0 radical (unpaired) electrons. The molecule has 0 bridgehead atoms. The Kier molecular flexibility index (Phi) is 10.7. The van der Waals surface area contributed by atoms with Gasteiger partial charge in [0.2, 0.25) is 0 Å². The molecule has 1 aromatic carbocycles. The summed E-state index contributed by atoms with van der Waals surface area (Å²) in [5.74, 6) is 1.70. The zero-order chi connectivity index (χ0) is 18.5. The molecule has 1 aromatic rings. The third-order valence-electron chi connectivity index (χ3n) is 4.26. The largest absolute Gasteiger partial charge is 0.494 e. The fourth-order valence-corrected chi connectivity index (χ4v) is 2.40. The maximum atomic E-state index is 11.8. The maximum absolute atomic E-state index is 11.8. The number of unbranched alkanes of at least 4 members (excludes halogenated alkanes) is 1. The molecule has 0 saturated heterocycles. The number of hydrogen-bond donors (Lipinski definition) is 0. The molecule has 0 unspecified atom stereocenters. The zero-order valence-electron chi connectivity index (χ0n) is 16.3. The fourth-order valence-electron chi connectivity index (χ4n) is 2.40. The van der Waals surface area contributed by atoms with Crippen LogP contribution in [0.3, 0.4) is 0 Å². The minimum atomic E-state index is -0.271. The predicted octanol–water partition coefficient (Wildman–Crippen LogP) is 5.88. The lowest BCUT2D eigenvalue weighted by Crippen LogP contribution is -2.12. The Morgan fingerprint density at radius 2 is 1.84 bits per heavy atom. The van der Waals surface area contributed by atoms with Crippen LogP contribution in [0.25, 0.3) is 6.08 Å². The van der Waals surface area contributed by atoms with Gasteiger partial charge in [0.1, 0.15) is 5.75 Å². The van der Waals surface area contributed by atoms with E-state index in [1.807, 2.05) is 24.3 Å². The number of esters is 1. The van der Waals surface area contributed by atoms with E-state index in [-0.39, 0.29) is 5.97 Å². The lowest BCUT2D eigenvalue weighted by Gasteiger charge is -2.13. The number of benzene rings is 1. The van der Waals surface area contributed by atoms with E-state index >= 15 is 0 Å². The second kappa shape index (κ2) is 12.6. The van der Waals surface area contributed by atoms with Gasteiger partial charge in [0.15, 0.2) is 0 Å². The first kappa shape index (κ1) is 21.3. The van der Waals surface area contributed by atoms with Crippen molar-refractivity contribution in [2.24, 2.45) is 11.8 Å². The number of carbonyl (C=O) groups excluding carboxylic acids is 1. The van der Waals surface area contributed by atoms with Crippen LogP contribution in [-0.2, 0) is 9.53 Å². The molecule has 1 rings (SSSR count). The van der Waals surface area contributed by atoms with Gasteiger partial charge >= 0.3 is 5.97 Å². The number of ether oxygens (including phenoxy) is 2. The molecule has 0 spiro atoms. The average molecular weight is 347 g/mol. The summed E-state index contributed by atoms with van der Waals surface area (Å²) in [7, 11) is 0. The fraction of sp³-hybridized carbons (Fsp3) is 0.591. The first-order valence-corrected chi connectivity index (χ1v) is 9.62. The van der Waals surface area contributed by atoms with Crippen LogP contribution in [0.15, 0.2) is 30.3 Å². The summed E-state index contributed by atoms with van der Waals surface area (Å²) in [6.07, 6.45) is 8.88. The molecule has 0 aliphatic carbocycles. The standard InChI is InChI=1S/C22H34O3/c1-5-7-8-19(6-2)17-25-22(23)14-11-20-9-12-21(13-10-20)24-16-15-18(3)4/h9-14,18-19H,5-8,15-17H2,1-4H3/b14-11+/t19-/m1/s1. The molecule has 0 saturated carbocycles. The first-order valence-electron chi connectivity index (χ1n) is 9.62. The van der Waals surface area contributed by atoms with Crippen molar-refractivity contribution < 1.29 is 14.3 Å². The van der Waals surface area contributed by atoms with E-state index in [0.717, 1.165) is 37.2 Å². The van der Waals surface area contributed by atoms with Crippen molar-refractivity contribution in [2.75, 3.05) is 13.2 Å². The van der Waals surface area contributed by atoms with Gasteiger partial charge in [0, 0.05) is 6.08 Å². The van der Waals surface area contributed by atoms with Crippen LogP contribution < -0.4 is 4.74 Å².